The minimum absolute atomic E-state index is 0.310. The first-order valence-corrected chi connectivity index (χ1v) is 11.0. The molecule has 1 atom stereocenters. The SMILES string of the molecule is N#Cc1cccc(CN2CC(CNc3ccccc3)C3(C2)CN(c2ccccc2)C3)c1. The van der Waals surface area contributed by atoms with Crippen molar-refractivity contribution >= 4 is 11.4 Å². The van der Waals surface area contributed by atoms with Crippen LogP contribution >= 0.6 is 0 Å². The van der Waals surface area contributed by atoms with E-state index in [0.717, 1.165) is 44.8 Å². The molecule has 2 aliphatic heterocycles. The topological polar surface area (TPSA) is 42.3 Å². The molecular weight excluding hydrogens is 380 g/mol. The zero-order valence-corrected chi connectivity index (χ0v) is 17.7. The summed E-state index contributed by atoms with van der Waals surface area (Å²) >= 11 is 0. The van der Waals surface area contributed by atoms with E-state index in [0.29, 0.717) is 11.3 Å². The highest BCUT2D eigenvalue weighted by Crippen LogP contribution is 2.46. The van der Waals surface area contributed by atoms with Crippen molar-refractivity contribution in [1.82, 2.24) is 4.90 Å². The first-order valence-electron chi connectivity index (χ1n) is 11.0. The van der Waals surface area contributed by atoms with Crippen LogP contribution in [-0.2, 0) is 6.54 Å². The van der Waals surface area contributed by atoms with E-state index in [4.69, 9.17) is 0 Å². The second-order valence-electron chi connectivity index (χ2n) is 8.98. The molecule has 1 spiro atoms. The molecule has 1 N–H and O–H groups in total. The Labute approximate surface area is 184 Å². The van der Waals surface area contributed by atoms with Crippen molar-refractivity contribution in [2.75, 3.05) is 42.9 Å². The molecule has 156 valence electrons. The van der Waals surface area contributed by atoms with E-state index >= 15 is 0 Å². The highest BCUT2D eigenvalue weighted by Gasteiger charge is 2.53. The molecule has 2 saturated heterocycles. The number of nitrogens with one attached hydrogen (secondary N) is 1. The Morgan fingerprint density at radius 2 is 1.65 bits per heavy atom. The van der Waals surface area contributed by atoms with Crippen LogP contribution in [0.2, 0.25) is 0 Å². The van der Waals surface area contributed by atoms with Gasteiger partial charge in [-0.05, 0) is 47.9 Å². The average Bonchev–Trinajstić information content (AvgIpc) is 3.16. The molecule has 0 amide bonds. The van der Waals surface area contributed by atoms with E-state index in [-0.39, 0.29) is 0 Å². The molecule has 2 heterocycles. The van der Waals surface area contributed by atoms with Gasteiger partial charge in [-0.15, -0.1) is 0 Å². The van der Waals surface area contributed by atoms with Gasteiger partial charge < -0.3 is 10.2 Å². The van der Waals surface area contributed by atoms with Crippen LogP contribution in [0.25, 0.3) is 0 Å². The smallest absolute Gasteiger partial charge is 0.0991 e. The number of nitriles is 1. The van der Waals surface area contributed by atoms with Gasteiger partial charge >= 0.3 is 0 Å². The largest absolute Gasteiger partial charge is 0.385 e. The van der Waals surface area contributed by atoms with Gasteiger partial charge in [0, 0.05) is 56.1 Å². The summed E-state index contributed by atoms with van der Waals surface area (Å²) in [5.74, 6) is 0.590. The lowest BCUT2D eigenvalue weighted by Crippen LogP contribution is -2.61. The number of nitrogens with zero attached hydrogens (tertiary/aromatic N) is 3. The van der Waals surface area contributed by atoms with Gasteiger partial charge in [-0.3, -0.25) is 4.90 Å². The van der Waals surface area contributed by atoms with Gasteiger partial charge in [0.05, 0.1) is 11.6 Å². The second kappa shape index (κ2) is 8.45. The van der Waals surface area contributed by atoms with Crippen LogP contribution in [0, 0.1) is 22.7 Å². The predicted molar refractivity (Wildman–Crippen MR) is 126 cm³/mol. The molecule has 0 aromatic heterocycles. The lowest BCUT2D eigenvalue weighted by molar-refractivity contribution is 0.162. The van der Waals surface area contributed by atoms with E-state index in [2.05, 4.69) is 87.9 Å². The summed E-state index contributed by atoms with van der Waals surface area (Å²) in [6.07, 6.45) is 0. The summed E-state index contributed by atoms with van der Waals surface area (Å²) < 4.78 is 0. The lowest BCUT2D eigenvalue weighted by Gasteiger charge is -2.52. The quantitative estimate of drug-likeness (QED) is 0.647. The van der Waals surface area contributed by atoms with Crippen LogP contribution in [0.3, 0.4) is 0 Å². The summed E-state index contributed by atoms with van der Waals surface area (Å²) in [6.45, 7) is 6.29. The van der Waals surface area contributed by atoms with Gasteiger partial charge in [0.1, 0.15) is 0 Å². The van der Waals surface area contributed by atoms with Crippen molar-refractivity contribution in [3.63, 3.8) is 0 Å². The van der Waals surface area contributed by atoms with Gasteiger partial charge in [0.2, 0.25) is 0 Å². The molecule has 2 aliphatic rings. The summed E-state index contributed by atoms with van der Waals surface area (Å²) in [5, 5.41) is 12.9. The molecule has 31 heavy (non-hydrogen) atoms. The summed E-state index contributed by atoms with van der Waals surface area (Å²) in [4.78, 5) is 5.09. The van der Waals surface area contributed by atoms with E-state index in [9.17, 15) is 5.26 Å². The maximum Gasteiger partial charge on any atom is 0.0991 e. The molecule has 3 aromatic rings. The number of para-hydroxylation sites is 2. The molecule has 2 fully saturated rings. The minimum Gasteiger partial charge on any atom is -0.385 e. The molecule has 1 unspecified atom stereocenters. The van der Waals surface area contributed by atoms with Crippen LogP contribution in [0.4, 0.5) is 11.4 Å². The molecule has 0 aliphatic carbocycles. The molecule has 0 saturated carbocycles. The third kappa shape index (κ3) is 4.15. The Morgan fingerprint density at radius 1 is 0.903 bits per heavy atom. The maximum absolute atomic E-state index is 9.23. The van der Waals surface area contributed by atoms with E-state index in [1.165, 1.54) is 16.9 Å². The first-order chi connectivity index (χ1) is 15.2. The van der Waals surface area contributed by atoms with Gasteiger partial charge in [0.25, 0.3) is 0 Å². The standard InChI is InChI=1S/C27H28N4/c28-15-22-8-7-9-23(14-22)17-30-18-24(16-29-25-10-3-1-4-11-25)27(19-30)20-31(21-27)26-12-5-2-6-13-26/h1-14,24,29H,16-21H2. The van der Waals surface area contributed by atoms with Crippen molar-refractivity contribution in [3.05, 3.63) is 96.1 Å². The highest BCUT2D eigenvalue weighted by atomic mass is 15.3. The second-order valence-corrected chi connectivity index (χ2v) is 8.98. The lowest BCUT2D eigenvalue weighted by atomic mass is 9.71. The number of hydrogen-bond donors (Lipinski definition) is 1. The van der Waals surface area contributed by atoms with Gasteiger partial charge in [-0.25, -0.2) is 0 Å². The third-order valence-electron chi connectivity index (χ3n) is 6.80. The number of hydrogen-bond acceptors (Lipinski definition) is 4. The molecule has 5 rings (SSSR count). The highest BCUT2D eigenvalue weighted by molar-refractivity contribution is 5.50. The summed E-state index contributed by atoms with van der Waals surface area (Å²) in [7, 11) is 0. The monoisotopic (exact) mass is 408 g/mol. The zero-order chi connectivity index (χ0) is 21.1. The Balaban J connectivity index is 1.30. The van der Waals surface area contributed by atoms with Crippen molar-refractivity contribution in [2.24, 2.45) is 11.3 Å². The van der Waals surface area contributed by atoms with Crippen LogP contribution in [-0.4, -0.2) is 37.6 Å². The van der Waals surface area contributed by atoms with Gasteiger partial charge in [0.15, 0.2) is 0 Å². The van der Waals surface area contributed by atoms with Crippen molar-refractivity contribution in [2.45, 2.75) is 6.54 Å². The third-order valence-corrected chi connectivity index (χ3v) is 6.80. The molecule has 4 heteroatoms. The molecule has 0 radical (unpaired) electrons. The number of rotatable bonds is 6. The maximum atomic E-state index is 9.23. The van der Waals surface area contributed by atoms with Gasteiger partial charge in [-0.2, -0.15) is 5.26 Å². The fourth-order valence-electron chi connectivity index (χ4n) is 5.23. The van der Waals surface area contributed by atoms with Crippen molar-refractivity contribution in [1.29, 1.82) is 5.26 Å². The van der Waals surface area contributed by atoms with E-state index < -0.39 is 0 Å². The first kappa shape index (κ1) is 19.7. The number of likely N-dealkylation sites (tertiary alicyclic amines) is 1. The van der Waals surface area contributed by atoms with E-state index in [1.54, 1.807) is 0 Å². The Bertz CT molecular complexity index is 1050. The zero-order valence-electron chi connectivity index (χ0n) is 17.7. The Morgan fingerprint density at radius 3 is 2.39 bits per heavy atom. The molecule has 3 aromatic carbocycles. The van der Waals surface area contributed by atoms with Crippen LogP contribution in [0.15, 0.2) is 84.9 Å². The minimum atomic E-state index is 0.310. The number of anilines is 2. The average molecular weight is 409 g/mol. The fourth-order valence-corrected chi connectivity index (χ4v) is 5.23. The van der Waals surface area contributed by atoms with Crippen LogP contribution in [0.1, 0.15) is 11.1 Å². The molecule has 4 nitrogen and oxygen atoms in total. The predicted octanol–water partition coefficient (Wildman–Crippen LogP) is 4.61. The number of benzene rings is 3. The normalized spacial score (nSPS) is 19.7. The molecular formula is C27H28N4. The van der Waals surface area contributed by atoms with Crippen molar-refractivity contribution in [3.8, 4) is 6.07 Å². The Hall–Kier alpha value is -3.29. The summed E-state index contributed by atoms with van der Waals surface area (Å²) in [5.41, 5.74) is 4.79. The summed E-state index contributed by atoms with van der Waals surface area (Å²) in [6, 6.07) is 31.6. The van der Waals surface area contributed by atoms with Gasteiger partial charge in [-0.1, -0.05) is 48.5 Å². The van der Waals surface area contributed by atoms with Crippen LogP contribution < -0.4 is 10.2 Å². The van der Waals surface area contributed by atoms with E-state index in [1.807, 2.05) is 18.2 Å². The Kier molecular flexibility index (Phi) is 5.36. The van der Waals surface area contributed by atoms with Crippen molar-refractivity contribution < 1.29 is 0 Å². The fraction of sp³-hybridized carbons (Fsp3) is 0.296. The van der Waals surface area contributed by atoms with Crippen LogP contribution in [0.5, 0.6) is 0 Å². The molecule has 0 bridgehead atoms.